The van der Waals surface area contributed by atoms with E-state index in [-0.39, 0.29) is 11.8 Å². The average Bonchev–Trinajstić information content (AvgIpc) is 2.55. The second kappa shape index (κ2) is 5.01. The van der Waals surface area contributed by atoms with Crippen LogP contribution in [0, 0.1) is 0 Å². The second-order valence-corrected chi connectivity index (χ2v) is 5.68. The lowest BCUT2D eigenvalue weighted by Crippen LogP contribution is -2.39. The van der Waals surface area contributed by atoms with E-state index in [0.29, 0.717) is 29.7 Å². The van der Waals surface area contributed by atoms with Crippen LogP contribution in [0.25, 0.3) is 21.8 Å². The fraction of sp³-hybridized carbons (Fsp3) is 0.176. The van der Waals surface area contributed by atoms with E-state index in [9.17, 15) is 9.59 Å². The van der Waals surface area contributed by atoms with Gasteiger partial charge in [0.05, 0.1) is 22.6 Å². The lowest BCUT2D eigenvalue weighted by Gasteiger charge is -2.20. The lowest BCUT2D eigenvalue weighted by molar-refractivity contribution is -0.134. The van der Waals surface area contributed by atoms with E-state index < -0.39 is 5.92 Å². The number of pyridine rings is 2. The zero-order valence-corrected chi connectivity index (χ0v) is 12.2. The topological polar surface area (TPSA) is 98.0 Å². The molecule has 6 nitrogen and oxygen atoms in total. The minimum atomic E-state index is -0.419. The lowest BCUT2D eigenvalue weighted by atomic mass is 9.93. The standard InChI is InChI=1S/C17H14N4O2/c18-12-8-9-2-1-7-19-15(9)16-10(12)3-5-13(20-16)11-4-6-14(22)21-17(11)23/h1-3,5,7-8,11H,4,6,18H2,(H,21,22,23). The van der Waals surface area contributed by atoms with Crippen LogP contribution in [-0.2, 0) is 9.59 Å². The molecule has 1 atom stereocenters. The Morgan fingerprint density at radius 2 is 2.04 bits per heavy atom. The van der Waals surface area contributed by atoms with Gasteiger partial charge in [-0.05, 0) is 30.7 Å². The van der Waals surface area contributed by atoms with Crippen molar-refractivity contribution in [3.05, 3.63) is 42.2 Å². The molecule has 1 unspecified atom stereocenters. The molecule has 0 bridgehead atoms. The minimum absolute atomic E-state index is 0.233. The van der Waals surface area contributed by atoms with E-state index in [0.717, 1.165) is 16.3 Å². The van der Waals surface area contributed by atoms with Gasteiger partial charge in [-0.3, -0.25) is 19.9 Å². The summed E-state index contributed by atoms with van der Waals surface area (Å²) in [6.45, 7) is 0. The zero-order valence-electron chi connectivity index (χ0n) is 12.2. The predicted octanol–water partition coefficient (Wildman–Crippen LogP) is 1.89. The molecule has 23 heavy (non-hydrogen) atoms. The molecule has 2 amide bonds. The molecular formula is C17H14N4O2. The summed E-state index contributed by atoms with van der Waals surface area (Å²) >= 11 is 0. The number of carbonyl (C=O) groups excluding carboxylic acids is 2. The van der Waals surface area contributed by atoms with Crippen molar-refractivity contribution in [2.24, 2.45) is 0 Å². The van der Waals surface area contributed by atoms with Crippen LogP contribution in [0.3, 0.4) is 0 Å². The molecule has 1 fully saturated rings. The third-order valence-electron chi connectivity index (χ3n) is 4.20. The number of nitrogen functional groups attached to an aromatic ring is 1. The first kappa shape index (κ1) is 13.6. The molecule has 1 aliphatic rings. The van der Waals surface area contributed by atoms with Gasteiger partial charge in [-0.2, -0.15) is 0 Å². The van der Waals surface area contributed by atoms with Crippen LogP contribution in [0.15, 0.2) is 36.5 Å². The van der Waals surface area contributed by atoms with Gasteiger partial charge in [-0.15, -0.1) is 0 Å². The van der Waals surface area contributed by atoms with Crippen molar-refractivity contribution < 1.29 is 9.59 Å². The van der Waals surface area contributed by atoms with Crippen molar-refractivity contribution in [1.29, 1.82) is 0 Å². The summed E-state index contributed by atoms with van der Waals surface area (Å²) in [6.07, 6.45) is 2.50. The Morgan fingerprint density at radius 3 is 2.87 bits per heavy atom. The van der Waals surface area contributed by atoms with E-state index in [1.54, 1.807) is 12.3 Å². The number of aromatic nitrogens is 2. The molecule has 1 aromatic carbocycles. The number of nitrogens with one attached hydrogen (secondary N) is 1. The number of fused-ring (bicyclic) bond motifs is 3. The first-order valence-corrected chi connectivity index (χ1v) is 7.41. The Labute approximate surface area is 131 Å². The third kappa shape index (κ3) is 2.19. The highest BCUT2D eigenvalue weighted by Crippen LogP contribution is 2.31. The van der Waals surface area contributed by atoms with Crippen LogP contribution in [0.2, 0.25) is 0 Å². The number of hydrogen-bond donors (Lipinski definition) is 2. The van der Waals surface area contributed by atoms with E-state index in [1.165, 1.54) is 0 Å². The SMILES string of the molecule is Nc1cc2cccnc2c2nc(C3CCC(=O)NC3=O)ccc12. The number of benzene rings is 1. The maximum absolute atomic E-state index is 12.1. The maximum Gasteiger partial charge on any atom is 0.235 e. The van der Waals surface area contributed by atoms with E-state index in [1.807, 2.05) is 24.3 Å². The first-order valence-electron chi connectivity index (χ1n) is 7.41. The summed E-state index contributed by atoms with van der Waals surface area (Å²) in [5.41, 5.74) is 8.81. The predicted molar refractivity (Wildman–Crippen MR) is 86.6 cm³/mol. The normalized spacial score (nSPS) is 18.3. The Balaban J connectivity index is 1.92. The van der Waals surface area contributed by atoms with Gasteiger partial charge in [0.25, 0.3) is 0 Å². The van der Waals surface area contributed by atoms with Gasteiger partial charge in [0, 0.05) is 29.1 Å². The molecule has 3 N–H and O–H groups in total. The molecule has 0 spiro atoms. The van der Waals surface area contributed by atoms with Crippen LogP contribution >= 0.6 is 0 Å². The van der Waals surface area contributed by atoms with Crippen molar-refractivity contribution >= 4 is 39.3 Å². The largest absolute Gasteiger partial charge is 0.398 e. The molecule has 2 aromatic heterocycles. The summed E-state index contributed by atoms with van der Waals surface area (Å²) in [5, 5.41) is 4.09. The molecule has 4 rings (SSSR count). The highest BCUT2D eigenvalue weighted by atomic mass is 16.2. The number of amides is 2. The van der Waals surface area contributed by atoms with Gasteiger partial charge >= 0.3 is 0 Å². The van der Waals surface area contributed by atoms with Crippen LogP contribution in [0.4, 0.5) is 5.69 Å². The number of nitrogens with two attached hydrogens (primary N) is 1. The van der Waals surface area contributed by atoms with Crippen LogP contribution in [0.5, 0.6) is 0 Å². The Morgan fingerprint density at radius 1 is 1.17 bits per heavy atom. The fourth-order valence-electron chi connectivity index (χ4n) is 3.03. The first-order chi connectivity index (χ1) is 11.1. The number of rotatable bonds is 1. The third-order valence-corrected chi connectivity index (χ3v) is 4.20. The van der Waals surface area contributed by atoms with Gasteiger partial charge in [0.2, 0.25) is 11.8 Å². The molecule has 3 heterocycles. The highest BCUT2D eigenvalue weighted by molar-refractivity contribution is 6.09. The summed E-state index contributed by atoms with van der Waals surface area (Å²) in [7, 11) is 0. The number of nitrogens with zero attached hydrogens (tertiary/aromatic N) is 2. The minimum Gasteiger partial charge on any atom is -0.398 e. The number of hydrogen-bond acceptors (Lipinski definition) is 5. The van der Waals surface area contributed by atoms with Crippen molar-refractivity contribution in [2.75, 3.05) is 5.73 Å². The number of imide groups is 1. The quantitative estimate of drug-likeness (QED) is 0.406. The molecule has 1 aliphatic heterocycles. The number of anilines is 1. The fourth-order valence-corrected chi connectivity index (χ4v) is 3.03. The van der Waals surface area contributed by atoms with Gasteiger partial charge in [0.1, 0.15) is 0 Å². The van der Waals surface area contributed by atoms with Crippen molar-refractivity contribution in [1.82, 2.24) is 15.3 Å². The Kier molecular flexibility index (Phi) is 2.97. The molecule has 114 valence electrons. The molecule has 0 aliphatic carbocycles. The molecular weight excluding hydrogens is 292 g/mol. The van der Waals surface area contributed by atoms with Crippen molar-refractivity contribution in [3.63, 3.8) is 0 Å². The summed E-state index contributed by atoms with van der Waals surface area (Å²) in [6, 6.07) is 9.31. The monoisotopic (exact) mass is 306 g/mol. The smallest absolute Gasteiger partial charge is 0.235 e. The molecule has 6 heteroatoms. The van der Waals surface area contributed by atoms with Crippen LogP contribution in [-0.4, -0.2) is 21.8 Å². The van der Waals surface area contributed by atoms with Gasteiger partial charge < -0.3 is 5.73 Å². The van der Waals surface area contributed by atoms with Gasteiger partial charge in [-0.25, -0.2) is 4.98 Å². The van der Waals surface area contributed by atoms with Gasteiger partial charge in [-0.1, -0.05) is 6.07 Å². The second-order valence-electron chi connectivity index (χ2n) is 5.68. The van der Waals surface area contributed by atoms with Crippen molar-refractivity contribution in [3.8, 4) is 0 Å². The van der Waals surface area contributed by atoms with E-state index >= 15 is 0 Å². The van der Waals surface area contributed by atoms with Crippen LogP contribution in [0.1, 0.15) is 24.5 Å². The molecule has 0 saturated carbocycles. The summed E-state index contributed by atoms with van der Waals surface area (Å²) in [5.74, 6) is -0.949. The number of carbonyl (C=O) groups is 2. The van der Waals surface area contributed by atoms with Gasteiger partial charge in [0.15, 0.2) is 0 Å². The zero-order chi connectivity index (χ0) is 16.0. The van der Waals surface area contributed by atoms with E-state index in [2.05, 4.69) is 15.3 Å². The highest BCUT2D eigenvalue weighted by Gasteiger charge is 2.29. The van der Waals surface area contributed by atoms with E-state index in [4.69, 9.17) is 5.73 Å². The van der Waals surface area contributed by atoms with Crippen molar-refractivity contribution in [2.45, 2.75) is 18.8 Å². The Hall–Kier alpha value is -3.02. The molecule has 3 aromatic rings. The molecule has 0 radical (unpaired) electrons. The number of piperidine rings is 1. The molecule has 1 saturated heterocycles. The Bertz CT molecular complexity index is 967. The van der Waals surface area contributed by atoms with Crippen LogP contribution < -0.4 is 11.1 Å². The maximum atomic E-state index is 12.1. The average molecular weight is 306 g/mol. The summed E-state index contributed by atoms with van der Waals surface area (Å²) in [4.78, 5) is 32.4. The summed E-state index contributed by atoms with van der Waals surface area (Å²) < 4.78 is 0.